The molecule has 126 valence electrons. The van der Waals surface area contributed by atoms with Crippen molar-refractivity contribution >= 4 is 11.8 Å². The fourth-order valence-corrected chi connectivity index (χ4v) is 2.86. The molecule has 0 aliphatic carbocycles. The molecule has 2 rings (SSSR count). The molecule has 1 aliphatic rings. The number of nitrogens with zero attached hydrogens (tertiary/aromatic N) is 3. The zero-order valence-electron chi connectivity index (χ0n) is 13.8. The summed E-state index contributed by atoms with van der Waals surface area (Å²) in [7, 11) is 0. The summed E-state index contributed by atoms with van der Waals surface area (Å²) in [6.45, 7) is 6.24. The van der Waals surface area contributed by atoms with Gasteiger partial charge in [0.2, 0.25) is 11.8 Å². The van der Waals surface area contributed by atoms with Crippen LogP contribution in [-0.2, 0) is 16.0 Å². The molecule has 1 aromatic rings. The number of hydrogen-bond donors (Lipinski definition) is 2. The van der Waals surface area contributed by atoms with Gasteiger partial charge < -0.3 is 11.1 Å². The highest BCUT2D eigenvalue weighted by Crippen LogP contribution is 2.15. The first-order valence-electron chi connectivity index (χ1n) is 8.03. The number of likely N-dealkylation sites (tertiary alicyclic amines) is 1. The zero-order valence-corrected chi connectivity index (χ0v) is 13.8. The molecule has 1 fully saturated rings. The number of primary amides is 1. The SMILES string of the molecule is Cc1cc(C)nc(CCNC(=O)CN2CCC(C(N)=O)CC2)n1. The fourth-order valence-electron chi connectivity index (χ4n) is 2.86. The molecule has 0 radical (unpaired) electrons. The van der Waals surface area contributed by atoms with Gasteiger partial charge in [0.25, 0.3) is 0 Å². The predicted octanol–water partition coefficient (Wildman–Crippen LogP) is -0.0506. The summed E-state index contributed by atoms with van der Waals surface area (Å²) in [6.07, 6.45) is 2.09. The monoisotopic (exact) mass is 319 g/mol. The van der Waals surface area contributed by atoms with Crippen molar-refractivity contribution in [1.82, 2.24) is 20.2 Å². The van der Waals surface area contributed by atoms with Gasteiger partial charge in [0.1, 0.15) is 5.82 Å². The van der Waals surface area contributed by atoms with Crippen LogP contribution in [0.25, 0.3) is 0 Å². The Balaban J connectivity index is 1.68. The lowest BCUT2D eigenvalue weighted by Gasteiger charge is -2.29. The Morgan fingerprint density at radius 2 is 1.87 bits per heavy atom. The maximum Gasteiger partial charge on any atom is 0.234 e. The Kier molecular flexibility index (Phi) is 6.04. The molecular formula is C16H25N5O2. The number of amides is 2. The lowest BCUT2D eigenvalue weighted by Crippen LogP contribution is -2.44. The van der Waals surface area contributed by atoms with E-state index < -0.39 is 0 Å². The van der Waals surface area contributed by atoms with E-state index in [1.54, 1.807) is 0 Å². The van der Waals surface area contributed by atoms with Crippen LogP contribution in [0, 0.1) is 19.8 Å². The summed E-state index contributed by atoms with van der Waals surface area (Å²) in [5, 5.41) is 2.90. The fraction of sp³-hybridized carbons (Fsp3) is 0.625. The van der Waals surface area contributed by atoms with E-state index in [2.05, 4.69) is 20.2 Å². The first-order valence-corrected chi connectivity index (χ1v) is 8.03. The second-order valence-electron chi connectivity index (χ2n) is 6.12. The highest BCUT2D eigenvalue weighted by Gasteiger charge is 2.23. The highest BCUT2D eigenvalue weighted by atomic mass is 16.2. The van der Waals surface area contributed by atoms with Crippen molar-refractivity contribution in [3.63, 3.8) is 0 Å². The minimum atomic E-state index is -0.234. The van der Waals surface area contributed by atoms with Crippen molar-refractivity contribution in [2.75, 3.05) is 26.2 Å². The molecule has 0 aromatic carbocycles. The van der Waals surface area contributed by atoms with E-state index in [9.17, 15) is 9.59 Å². The van der Waals surface area contributed by atoms with Gasteiger partial charge in [-0.2, -0.15) is 0 Å². The summed E-state index contributed by atoms with van der Waals surface area (Å²) < 4.78 is 0. The zero-order chi connectivity index (χ0) is 16.8. The molecule has 23 heavy (non-hydrogen) atoms. The van der Waals surface area contributed by atoms with Gasteiger partial charge in [-0.15, -0.1) is 0 Å². The summed E-state index contributed by atoms with van der Waals surface area (Å²) in [5.74, 6) is 0.468. The molecule has 2 heterocycles. The van der Waals surface area contributed by atoms with Gasteiger partial charge in [0, 0.05) is 30.3 Å². The Labute approximate surface area is 136 Å². The van der Waals surface area contributed by atoms with E-state index in [1.165, 1.54) is 0 Å². The molecule has 7 heteroatoms. The maximum atomic E-state index is 12.0. The van der Waals surface area contributed by atoms with Crippen LogP contribution in [0.15, 0.2) is 6.07 Å². The standard InChI is InChI=1S/C16H25N5O2/c1-11-9-12(2)20-14(19-11)3-6-18-15(22)10-21-7-4-13(5-8-21)16(17)23/h9,13H,3-8,10H2,1-2H3,(H2,17,23)(H,18,22). The van der Waals surface area contributed by atoms with E-state index in [4.69, 9.17) is 5.73 Å². The highest BCUT2D eigenvalue weighted by molar-refractivity contribution is 5.78. The van der Waals surface area contributed by atoms with Crippen LogP contribution < -0.4 is 11.1 Å². The Morgan fingerprint density at radius 3 is 2.43 bits per heavy atom. The number of aromatic nitrogens is 2. The molecule has 3 N–H and O–H groups in total. The van der Waals surface area contributed by atoms with Gasteiger partial charge in [-0.1, -0.05) is 0 Å². The summed E-state index contributed by atoms with van der Waals surface area (Å²) in [4.78, 5) is 33.9. The van der Waals surface area contributed by atoms with Crippen molar-refractivity contribution < 1.29 is 9.59 Å². The average Bonchev–Trinajstić information content (AvgIpc) is 2.46. The van der Waals surface area contributed by atoms with Crippen LogP contribution in [0.3, 0.4) is 0 Å². The van der Waals surface area contributed by atoms with Gasteiger partial charge >= 0.3 is 0 Å². The minimum absolute atomic E-state index is 0.00750. The average molecular weight is 319 g/mol. The number of aryl methyl sites for hydroxylation is 2. The first kappa shape index (κ1) is 17.3. The van der Waals surface area contributed by atoms with Crippen molar-refractivity contribution in [3.8, 4) is 0 Å². The van der Waals surface area contributed by atoms with Gasteiger partial charge in [0.15, 0.2) is 0 Å². The molecule has 2 amide bonds. The van der Waals surface area contributed by atoms with E-state index >= 15 is 0 Å². The van der Waals surface area contributed by atoms with Crippen LogP contribution in [0.2, 0.25) is 0 Å². The molecular weight excluding hydrogens is 294 g/mol. The van der Waals surface area contributed by atoms with Crippen molar-refractivity contribution in [2.24, 2.45) is 11.7 Å². The second kappa shape index (κ2) is 8.01. The lowest BCUT2D eigenvalue weighted by atomic mass is 9.96. The van der Waals surface area contributed by atoms with Gasteiger partial charge in [-0.05, 0) is 45.8 Å². The smallest absolute Gasteiger partial charge is 0.234 e. The molecule has 0 spiro atoms. The summed E-state index contributed by atoms with van der Waals surface area (Å²) in [6, 6.07) is 1.93. The number of carbonyl (C=O) groups excluding carboxylic acids is 2. The van der Waals surface area contributed by atoms with Crippen LogP contribution in [0.1, 0.15) is 30.1 Å². The normalized spacial score (nSPS) is 16.3. The third-order valence-corrected chi connectivity index (χ3v) is 4.06. The Bertz CT molecular complexity index is 547. The number of nitrogens with two attached hydrogens (primary N) is 1. The summed E-state index contributed by atoms with van der Waals surface area (Å²) in [5.41, 5.74) is 7.19. The van der Waals surface area contributed by atoms with Crippen molar-refractivity contribution in [2.45, 2.75) is 33.1 Å². The quantitative estimate of drug-likeness (QED) is 0.765. The number of rotatable bonds is 6. The van der Waals surface area contributed by atoms with Crippen molar-refractivity contribution in [3.05, 3.63) is 23.3 Å². The number of nitrogens with one attached hydrogen (secondary N) is 1. The van der Waals surface area contributed by atoms with Crippen molar-refractivity contribution in [1.29, 1.82) is 0 Å². The largest absolute Gasteiger partial charge is 0.369 e. The molecule has 7 nitrogen and oxygen atoms in total. The third kappa shape index (κ3) is 5.59. The van der Waals surface area contributed by atoms with Crippen LogP contribution in [0.5, 0.6) is 0 Å². The van der Waals surface area contributed by atoms with Gasteiger partial charge in [0.05, 0.1) is 6.54 Å². The Morgan fingerprint density at radius 1 is 1.26 bits per heavy atom. The number of piperidine rings is 1. The van der Waals surface area contributed by atoms with Gasteiger partial charge in [-0.25, -0.2) is 9.97 Å². The number of carbonyl (C=O) groups is 2. The first-order chi connectivity index (χ1) is 10.9. The predicted molar refractivity (Wildman–Crippen MR) is 86.6 cm³/mol. The maximum absolute atomic E-state index is 12.0. The molecule has 0 unspecified atom stereocenters. The number of hydrogen-bond acceptors (Lipinski definition) is 5. The van der Waals surface area contributed by atoms with E-state index in [0.717, 1.165) is 43.1 Å². The minimum Gasteiger partial charge on any atom is -0.369 e. The molecule has 0 saturated carbocycles. The molecule has 1 aliphatic heterocycles. The van der Waals surface area contributed by atoms with Crippen LogP contribution in [0.4, 0.5) is 0 Å². The van der Waals surface area contributed by atoms with E-state index in [-0.39, 0.29) is 17.7 Å². The third-order valence-electron chi connectivity index (χ3n) is 4.06. The summed E-state index contributed by atoms with van der Waals surface area (Å²) >= 11 is 0. The molecule has 0 bridgehead atoms. The molecule has 1 aromatic heterocycles. The van der Waals surface area contributed by atoms with Crippen LogP contribution >= 0.6 is 0 Å². The molecule has 1 saturated heterocycles. The second-order valence-corrected chi connectivity index (χ2v) is 6.12. The lowest BCUT2D eigenvalue weighted by molar-refractivity contribution is -0.124. The van der Waals surface area contributed by atoms with Gasteiger partial charge in [-0.3, -0.25) is 14.5 Å². The topological polar surface area (TPSA) is 101 Å². The Hall–Kier alpha value is -2.02. The molecule has 0 atom stereocenters. The van der Waals surface area contributed by atoms with E-state index in [1.807, 2.05) is 19.9 Å². The van der Waals surface area contributed by atoms with E-state index in [0.29, 0.717) is 19.5 Å². The van der Waals surface area contributed by atoms with Crippen LogP contribution in [-0.4, -0.2) is 52.9 Å².